The summed E-state index contributed by atoms with van der Waals surface area (Å²) in [4.78, 5) is 16.6. The van der Waals surface area contributed by atoms with Crippen molar-refractivity contribution in [2.75, 3.05) is 39.4 Å². The number of piperazine rings is 1. The Kier molecular flexibility index (Phi) is 5.62. The van der Waals surface area contributed by atoms with Crippen LogP contribution in [0, 0.1) is 11.7 Å². The van der Waals surface area contributed by atoms with Crippen LogP contribution in [0.25, 0.3) is 0 Å². The molecule has 1 aromatic carbocycles. The molecule has 0 N–H and O–H groups in total. The first-order valence-corrected chi connectivity index (χ1v) is 8.53. The SMILES string of the molecule is O=C(CC1CCOCC1)N1CCN(Cc2ccccc2F)CC1. The lowest BCUT2D eigenvalue weighted by Crippen LogP contribution is -2.48. The monoisotopic (exact) mass is 320 g/mol. The van der Waals surface area contributed by atoms with Gasteiger partial charge in [0.1, 0.15) is 5.82 Å². The van der Waals surface area contributed by atoms with Crippen LogP contribution in [0.5, 0.6) is 0 Å². The Morgan fingerprint density at radius 3 is 2.52 bits per heavy atom. The van der Waals surface area contributed by atoms with Crippen LogP contribution in [0.1, 0.15) is 24.8 Å². The van der Waals surface area contributed by atoms with Gasteiger partial charge in [-0.05, 0) is 24.8 Å². The minimum atomic E-state index is -0.148. The van der Waals surface area contributed by atoms with E-state index >= 15 is 0 Å². The van der Waals surface area contributed by atoms with Gasteiger partial charge in [-0.15, -0.1) is 0 Å². The molecule has 0 saturated carbocycles. The van der Waals surface area contributed by atoms with Crippen LogP contribution in [0.15, 0.2) is 24.3 Å². The van der Waals surface area contributed by atoms with E-state index in [0.717, 1.165) is 57.8 Å². The average Bonchev–Trinajstić information content (AvgIpc) is 2.58. The second kappa shape index (κ2) is 7.88. The molecule has 1 amide bonds. The smallest absolute Gasteiger partial charge is 0.222 e. The van der Waals surface area contributed by atoms with Gasteiger partial charge in [0.05, 0.1) is 0 Å². The molecule has 0 aliphatic carbocycles. The highest BCUT2D eigenvalue weighted by atomic mass is 19.1. The van der Waals surface area contributed by atoms with Crippen LogP contribution in [0.4, 0.5) is 4.39 Å². The lowest BCUT2D eigenvalue weighted by atomic mass is 9.96. The Labute approximate surface area is 137 Å². The van der Waals surface area contributed by atoms with Gasteiger partial charge in [0.2, 0.25) is 5.91 Å². The van der Waals surface area contributed by atoms with Crippen LogP contribution in [-0.2, 0) is 16.1 Å². The number of ether oxygens (including phenoxy) is 1. The molecule has 0 spiro atoms. The van der Waals surface area contributed by atoms with Gasteiger partial charge in [-0.3, -0.25) is 9.69 Å². The summed E-state index contributed by atoms with van der Waals surface area (Å²) in [5.41, 5.74) is 0.731. The zero-order valence-corrected chi connectivity index (χ0v) is 13.5. The largest absolute Gasteiger partial charge is 0.381 e. The van der Waals surface area contributed by atoms with E-state index in [0.29, 0.717) is 18.9 Å². The van der Waals surface area contributed by atoms with E-state index < -0.39 is 0 Å². The van der Waals surface area contributed by atoms with Crippen LogP contribution in [-0.4, -0.2) is 55.1 Å². The molecule has 0 atom stereocenters. The normalized spacial score (nSPS) is 20.7. The minimum absolute atomic E-state index is 0.148. The number of hydrogen-bond acceptors (Lipinski definition) is 3. The first-order valence-electron chi connectivity index (χ1n) is 8.53. The summed E-state index contributed by atoms with van der Waals surface area (Å²) in [6, 6.07) is 6.92. The van der Waals surface area contributed by atoms with E-state index in [-0.39, 0.29) is 11.7 Å². The van der Waals surface area contributed by atoms with E-state index in [4.69, 9.17) is 4.74 Å². The fraction of sp³-hybridized carbons (Fsp3) is 0.611. The van der Waals surface area contributed by atoms with Crippen LogP contribution >= 0.6 is 0 Å². The highest BCUT2D eigenvalue weighted by Crippen LogP contribution is 2.20. The number of rotatable bonds is 4. The summed E-state index contributed by atoms with van der Waals surface area (Å²) in [5, 5.41) is 0. The lowest BCUT2D eigenvalue weighted by Gasteiger charge is -2.35. The second-order valence-electron chi connectivity index (χ2n) is 6.51. The molecule has 1 aromatic rings. The number of halogens is 1. The standard InChI is InChI=1S/C18H25FN2O2/c19-17-4-2-1-3-16(17)14-20-7-9-21(10-8-20)18(22)13-15-5-11-23-12-6-15/h1-4,15H,5-14H2. The van der Waals surface area contributed by atoms with Crippen LogP contribution in [0.2, 0.25) is 0 Å². The van der Waals surface area contributed by atoms with Crippen molar-refractivity contribution >= 4 is 5.91 Å². The third kappa shape index (κ3) is 4.52. The maximum atomic E-state index is 13.7. The molecule has 0 aromatic heterocycles. The topological polar surface area (TPSA) is 32.8 Å². The van der Waals surface area contributed by atoms with Crippen molar-refractivity contribution in [1.82, 2.24) is 9.80 Å². The van der Waals surface area contributed by atoms with Gasteiger partial charge < -0.3 is 9.64 Å². The second-order valence-corrected chi connectivity index (χ2v) is 6.51. The van der Waals surface area contributed by atoms with Gasteiger partial charge in [0.25, 0.3) is 0 Å². The van der Waals surface area contributed by atoms with Crippen molar-refractivity contribution < 1.29 is 13.9 Å². The predicted molar refractivity (Wildman–Crippen MR) is 86.4 cm³/mol. The van der Waals surface area contributed by atoms with Crippen molar-refractivity contribution in [3.05, 3.63) is 35.6 Å². The van der Waals surface area contributed by atoms with E-state index in [1.165, 1.54) is 6.07 Å². The van der Waals surface area contributed by atoms with Crippen LogP contribution < -0.4 is 0 Å². The maximum Gasteiger partial charge on any atom is 0.222 e. The third-order valence-electron chi connectivity index (χ3n) is 4.88. The molecule has 0 unspecified atom stereocenters. The first-order chi connectivity index (χ1) is 11.2. The highest BCUT2D eigenvalue weighted by Gasteiger charge is 2.24. The van der Waals surface area contributed by atoms with E-state index in [1.54, 1.807) is 6.07 Å². The van der Waals surface area contributed by atoms with E-state index in [1.807, 2.05) is 17.0 Å². The summed E-state index contributed by atoms with van der Waals surface area (Å²) in [6.07, 6.45) is 2.65. The molecular weight excluding hydrogens is 295 g/mol. The Morgan fingerprint density at radius 1 is 1.13 bits per heavy atom. The summed E-state index contributed by atoms with van der Waals surface area (Å²) >= 11 is 0. The quantitative estimate of drug-likeness (QED) is 0.853. The maximum absolute atomic E-state index is 13.7. The van der Waals surface area contributed by atoms with Crippen molar-refractivity contribution in [1.29, 1.82) is 0 Å². The first kappa shape index (κ1) is 16.4. The highest BCUT2D eigenvalue weighted by molar-refractivity contribution is 5.76. The van der Waals surface area contributed by atoms with Gasteiger partial charge in [-0.1, -0.05) is 18.2 Å². The van der Waals surface area contributed by atoms with Gasteiger partial charge in [0.15, 0.2) is 0 Å². The number of carbonyl (C=O) groups excluding carboxylic acids is 1. The Hall–Kier alpha value is -1.46. The minimum Gasteiger partial charge on any atom is -0.381 e. The molecule has 2 aliphatic heterocycles. The van der Waals surface area contributed by atoms with E-state index in [2.05, 4.69) is 4.90 Å². The zero-order valence-electron chi connectivity index (χ0n) is 13.5. The van der Waals surface area contributed by atoms with Gasteiger partial charge >= 0.3 is 0 Å². The molecule has 2 fully saturated rings. The Bertz CT molecular complexity index is 524. The number of amides is 1. The molecule has 3 rings (SSSR count). The molecular formula is C18H25FN2O2. The molecule has 0 bridgehead atoms. The third-order valence-corrected chi connectivity index (χ3v) is 4.88. The van der Waals surface area contributed by atoms with Crippen molar-refractivity contribution in [2.24, 2.45) is 5.92 Å². The molecule has 2 saturated heterocycles. The van der Waals surface area contributed by atoms with Gasteiger partial charge in [-0.2, -0.15) is 0 Å². The summed E-state index contributed by atoms with van der Waals surface area (Å²) < 4.78 is 19.1. The van der Waals surface area contributed by atoms with Gasteiger partial charge in [-0.25, -0.2) is 4.39 Å². The number of carbonyl (C=O) groups is 1. The fourth-order valence-corrected chi connectivity index (χ4v) is 3.35. The number of hydrogen-bond donors (Lipinski definition) is 0. The molecule has 2 heterocycles. The Balaban J connectivity index is 1.44. The zero-order chi connectivity index (χ0) is 16.1. The summed E-state index contributed by atoms with van der Waals surface area (Å²) in [6.45, 7) is 5.31. The number of benzene rings is 1. The molecule has 5 heteroatoms. The number of nitrogens with zero attached hydrogens (tertiary/aromatic N) is 2. The predicted octanol–water partition coefficient (Wildman–Crippen LogP) is 2.29. The van der Waals surface area contributed by atoms with Crippen molar-refractivity contribution in [2.45, 2.75) is 25.8 Å². The van der Waals surface area contributed by atoms with Crippen molar-refractivity contribution in [3.8, 4) is 0 Å². The molecule has 2 aliphatic rings. The molecule has 23 heavy (non-hydrogen) atoms. The average molecular weight is 320 g/mol. The molecule has 126 valence electrons. The van der Waals surface area contributed by atoms with Crippen molar-refractivity contribution in [3.63, 3.8) is 0 Å². The molecule has 4 nitrogen and oxygen atoms in total. The van der Waals surface area contributed by atoms with Crippen LogP contribution in [0.3, 0.4) is 0 Å². The van der Waals surface area contributed by atoms with E-state index in [9.17, 15) is 9.18 Å². The summed E-state index contributed by atoms with van der Waals surface area (Å²) in [5.74, 6) is 0.598. The lowest BCUT2D eigenvalue weighted by molar-refractivity contribution is -0.134. The molecule has 0 radical (unpaired) electrons. The Morgan fingerprint density at radius 2 is 1.83 bits per heavy atom. The van der Waals surface area contributed by atoms with Gasteiger partial charge in [0, 0.05) is 57.9 Å². The summed E-state index contributed by atoms with van der Waals surface area (Å²) in [7, 11) is 0. The fourth-order valence-electron chi connectivity index (χ4n) is 3.35.